The van der Waals surface area contributed by atoms with Gasteiger partial charge in [-0.05, 0) is 29.7 Å². The highest BCUT2D eigenvalue weighted by atomic mass is 16.5. The summed E-state index contributed by atoms with van der Waals surface area (Å²) in [5.41, 5.74) is 3.89. The minimum Gasteiger partial charge on any atom is -0.496 e. The average Bonchev–Trinajstić information content (AvgIpc) is 2.72. The number of nitrogens with zero attached hydrogens (tertiary/aromatic N) is 3. The summed E-state index contributed by atoms with van der Waals surface area (Å²) < 4.78 is 5.40. The largest absolute Gasteiger partial charge is 0.496 e. The highest BCUT2D eigenvalue weighted by Crippen LogP contribution is 2.24. The molecule has 5 nitrogen and oxygen atoms in total. The monoisotopic (exact) mass is 346 g/mol. The molecule has 0 fully saturated rings. The average molecular weight is 346 g/mol. The Balaban J connectivity index is 1.47. The molecule has 0 amide bonds. The smallest absolute Gasteiger partial charge is 0.224 e. The zero-order valence-corrected chi connectivity index (χ0v) is 14.9. The van der Waals surface area contributed by atoms with Crippen LogP contribution in [0.5, 0.6) is 5.75 Å². The van der Waals surface area contributed by atoms with Crippen LogP contribution in [-0.4, -0.2) is 23.6 Å². The Morgan fingerprint density at radius 3 is 2.73 bits per heavy atom. The van der Waals surface area contributed by atoms with E-state index in [-0.39, 0.29) is 0 Å². The lowest BCUT2D eigenvalue weighted by molar-refractivity contribution is 0.410. The first-order chi connectivity index (χ1) is 12.8. The Hall–Kier alpha value is -3.08. The maximum absolute atomic E-state index is 5.40. The fraction of sp³-hybridized carbons (Fsp3) is 0.238. The zero-order valence-electron chi connectivity index (χ0n) is 14.9. The van der Waals surface area contributed by atoms with Gasteiger partial charge in [-0.25, -0.2) is 4.98 Å². The molecule has 1 aromatic heterocycles. The number of ether oxygens (including phenoxy) is 1. The van der Waals surface area contributed by atoms with Crippen molar-refractivity contribution in [3.8, 4) is 5.75 Å². The van der Waals surface area contributed by atoms with Crippen LogP contribution >= 0.6 is 0 Å². The summed E-state index contributed by atoms with van der Waals surface area (Å²) in [6.07, 6.45) is 2.86. The second kappa shape index (κ2) is 7.44. The topological polar surface area (TPSA) is 50.3 Å². The lowest BCUT2D eigenvalue weighted by Gasteiger charge is -2.29. The predicted molar refractivity (Wildman–Crippen MR) is 104 cm³/mol. The molecule has 2 aromatic carbocycles. The van der Waals surface area contributed by atoms with Gasteiger partial charge in [0.15, 0.2) is 0 Å². The number of aromatic nitrogens is 2. The fourth-order valence-electron chi connectivity index (χ4n) is 3.33. The van der Waals surface area contributed by atoms with Gasteiger partial charge in [-0.1, -0.05) is 42.5 Å². The van der Waals surface area contributed by atoms with E-state index in [1.54, 1.807) is 7.11 Å². The first kappa shape index (κ1) is 16.4. The van der Waals surface area contributed by atoms with Crippen LogP contribution in [0.2, 0.25) is 0 Å². The van der Waals surface area contributed by atoms with Crippen LogP contribution in [0.1, 0.15) is 16.7 Å². The van der Waals surface area contributed by atoms with Gasteiger partial charge in [-0.2, -0.15) is 4.98 Å². The SMILES string of the molecule is COc1ccccc1CNc1nccc(N2CCc3ccccc3C2)n1. The molecule has 0 radical (unpaired) electrons. The van der Waals surface area contributed by atoms with E-state index >= 15 is 0 Å². The van der Waals surface area contributed by atoms with Crippen molar-refractivity contribution in [3.05, 3.63) is 77.5 Å². The fourth-order valence-corrected chi connectivity index (χ4v) is 3.33. The second-order valence-corrected chi connectivity index (χ2v) is 6.34. The molecule has 26 heavy (non-hydrogen) atoms. The number of hydrogen-bond acceptors (Lipinski definition) is 5. The van der Waals surface area contributed by atoms with Gasteiger partial charge in [0.25, 0.3) is 0 Å². The Kier molecular flexibility index (Phi) is 4.69. The van der Waals surface area contributed by atoms with Crippen LogP contribution in [0.15, 0.2) is 60.8 Å². The van der Waals surface area contributed by atoms with Crippen LogP contribution in [0.25, 0.3) is 0 Å². The maximum atomic E-state index is 5.40. The molecular weight excluding hydrogens is 324 g/mol. The van der Waals surface area contributed by atoms with E-state index in [0.717, 1.165) is 36.6 Å². The number of hydrogen-bond donors (Lipinski definition) is 1. The van der Waals surface area contributed by atoms with Crippen molar-refractivity contribution in [1.29, 1.82) is 0 Å². The highest BCUT2D eigenvalue weighted by molar-refractivity contribution is 5.47. The summed E-state index contributed by atoms with van der Waals surface area (Å²) in [6.45, 7) is 2.48. The maximum Gasteiger partial charge on any atom is 0.224 e. The van der Waals surface area contributed by atoms with Crippen LogP contribution in [0.3, 0.4) is 0 Å². The van der Waals surface area contributed by atoms with E-state index in [4.69, 9.17) is 9.72 Å². The van der Waals surface area contributed by atoms with Crippen molar-refractivity contribution in [3.63, 3.8) is 0 Å². The lowest BCUT2D eigenvalue weighted by Crippen LogP contribution is -2.31. The minimum atomic E-state index is 0.621. The number of rotatable bonds is 5. The van der Waals surface area contributed by atoms with Crippen molar-refractivity contribution in [1.82, 2.24) is 9.97 Å². The predicted octanol–water partition coefficient (Wildman–Crippen LogP) is 3.66. The molecule has 1 aliphatic rings. The van der Waals surface area contributed by atoms with E-state index < -0.39 is 0 Å². The van der Waals surface area contributed by atoms with Gasteiger partial charge in [-0.15, -0.1) is 0 Å². The van der Waals surface area contributed by atoms with Crippen LogP contribution in [0, 0.1) is 0 Å². The number of benzene rings is 2. The van der Waals surface area contributed by atoms with Gasteiger partial charge < -0.3 is 15.0 Å². The van der Waals surface area contributed by atoms with Gasteiger partial charge in [-0.3, -0.25) is 0 Å². The van der Waals surface area contributed by atoms with Crippen molar-refractivity contribution in [2.24, 2.45) is 0 Å². The number of methoxy groups -OCH3 is 1. The number of anilines is 2. The van der Waals surface area contributed by atoms with Gasteiger partial charge in [0, 0.05) is 31.4 Å². The molecule has 0 saturated carbocycles. The third-order valence-corrected chi connectivity index (χ3v) is 4.73. The standard InChI is InChI=1S/C21H22N4O/c1-26-19-9-5-4-7-17(19)14-23-21-22-12-10-20(24-21)25-13-11-16-6-2-3-8-18(16)15-25/h2-10,12H,11,13-15H2,1H3,(H,22,23,24). The Morgan fingerprint density at radius 2 is 1.85 bits per heavy atom. The third kappa shape index (κ3) is 3.47. The van der Waals surface area contributed by atoms with Gasteiger partial charge in [0.2, 0.25) is 5.95 Å². The van der Waals surface area contributed by atoms with E-state index in [9.17, 15) is 0 Å². The lowest BCUT2D eigenvalue weighted by atomic mass is 10.00. The molecule has 0 atom stereocenters. The Labute approximate surface area is 153 Å². The van der Waals surface area contributed by atoms with E-state index in [0.29, 0.717) is 12.5 Å². The van der Waals surface area contributed by atoms with E-state index in [2.05, 4.69) is 39.5 Å². The summed E-state index contributed by atoms with van der Waals surface area (Å²) in [5, 5.41) is 3.31. The second-order valence-electron chi connectivity index (χ2n) is 6.34. The van der Waals surface area contributed by atoms with Crippen LogP contribution < -0.4 is 15.0 Å². The quantitative estimate of drug-likeness (QED) is 0.764. The van der Waals surface area contributed by atoms with Gasteiger partial charge in [0.1, 0.15) is 11.6 Å². The molecule has 1 N–H and O–H groups in total. The summed E-state index contributed by atoms with van der Waals surface area (Å²) in [6, 6.07) is 18.6. The first-order valence-corrected chi connectivity index (χ1v) is 8.84. The minimum absolute atomic E-state index is 0.621. The summed E-state index contributed by atoms with van der Waals surface area (Å²) in [5.74, 6) is 2.45. The molecule has 2 heterocycles. The molecule has 1 aliphatic heterocycles. The van der Waals surface area contributed by atoms with Crippen LogP contribution in [-0.2, 0) is 19.5 Å². The van der Waals surface area contributed by atoms with Crippen molar-refractivity contribution in [2.45, 2.75) is 19.5 Å². The van der Waals surface area contributed by atoms with E-state index in [1.807, 2.05) is 36.5 Å². The molecule has 0 bridgehead atoms. The number of nitrogens with one attached hydrogen (secondary N) is 1. The summed E-state index contributed by atoms with van der Waals surface area (Å²) >= 11 is 0. The van der Waals surface area contributed by atoms with Crippen molar-refractivity contribution in [2.75, 3.05) is 23.9 Å². The van der Waals surface area contributed by atoms with Gasteiger partial charge >= 0.3 is 0 Å². The molecule has 132 valence electrons. The Bertz CT molecular complexity index is 896. The van der Waals surface area contributed by atoms with Crippen molar-refractivity contribution < 1.29 is 4.74 Å². The molecule has 3 aromatic rings. The highest BCUT2D eigenvalue weighted by Gasteiger charge is 2.17. The molecule has 4 rings (SSSR count). The summed E-state index contributed by atoms with van der Waals surface area (Å²) in [4.78, 5) is 11.4. The normalized spacial score (nSPS) is 13.2. The van der Waals surface area contributed by atoms with Gasteiger partial charge in [0.05, 0.1) is 7.11 Å². The molecule has 0 aliphatic carbocycles. The first-order valence-electron chi connectivity index (χ1n) is 8.84. The third-order valence-electron chi connectivity index (χ3n) is 4.73. The number of fused-ring (bicyclic) bond motifs is 1. The molecule has 0 unspecified atom stereocenters. The zero-order chi connectivity index (χ0) is 17.8. The van der Waals surface area contributed by atoms with Crippen LogP contribution in [0.4, 0.5) is 11.8 Å². The van der Waals surface area contributed by atoms with Crippen molar-refractivity contribution >= 4 is 11.8 Å². The number of para-hydroxylation sites is 1. The molecule has 5 heteroatoms. The van der Waals surface area contributed by atoms with E-state index in [1.165, 1.54) is 11.1 Å². The summed E-state index contributed by atoms with van der Waals surface area (Å²) in [7, 11) is 1.68. The molecule has 0 spiro atoms. The Morgan fingerprint density at radius 1 is 1.04 bits per heavy atom. The molecular formula is C21H22N4O. The molecule has 0 saturated heterocycles.